The molecule has 16 nitrogen and oxygen atoms in total. The normalized spacial score (nSPS) is 10.9. The van der Waals surface area contributed by atoms with E-state index < -0.39 is 24.0 Å². The molecule has 0 aliphatic heterocycles. The first-order valence-corrected chi connectivity index (χ1v) is 23.6. The number of ether oxygens (including phenoxy) is 4. The quantitative estimate of drug-likeness (QED) is 0.0122. The van der Waals surface area contributed by atoms with Crippen molar-refractivity contribution in [3.05, 3.63) is 145 Å². The molecule has 0 heterocycles. The Hall–Kier alpha value is -7.21. The van der Waals surface area contributed by atoms with Crippen LogP contribution in [0.3, 0.4) is 0 Å². The molecular formula is C56H74Cl2N8O8S. The Kier molecular flexibility index (Phi) is 30.8. The number of hydrogen-bond donors (Lipinski definition) is 8. The summed E-state index contributed by atoms with van der Waals surface area (Å²) in [5.74, 6) is -0.362. The average molecular weight is 1090 g/mol. The van der Waals surface area contributed by atoms with E-state index in [1.165, 1.54) is 0 Å². The Morgan fingerprint density at radius 1 is 0.480 bits per heavy atom. The van der Waals surface area contributed by atoms with Gasteiger partial charge in [0, 0.05) is 24.0 Å². The van der Waals surface area contributed by atoms with E-state index in [-0.39, 0.29) is 116 Å². The van der Waals surface area contributed by atoms with E-state index in [1.807, 2.05) is 133 Å². The summed E-state index contributed by atoms with van der Waals surface area (Å²) in [5, 5.41) is 9.57. The van der Waals surface area contributed by atoms with Crippen LogP contribution in [0.15, 0.2) is 133 Å². The number of nitrogens with two attached hydrogens (primary N) is 4. The maximum atomic E-state index is 13.3. The molecular weight excluding hydrogens is 1020 g/mol. The second kappa shape index (κ2) is 35.1. The number of amides is 2. The van der Waals surface area contributed by atoms with E-state index in [4.69, 9.17) is 41.9 Å². The van der Waals surface area contributed by atoms with Crippen molar-refractivity contribution in [2.75, 3.05) is 26.3 Å². The van der Waals surface area contributed by atoms with Gasteiger partial charge in [0.2, 0.25) is 11.8 Å². The minimum Gasteiger partial charge on any atom is -1.00 e. The Labute approximate surface area is 460 Å². The van der Waals surface area contributed by atoms with Crippen molar-refractivity contribution in [1.82, 2.24) is 10.6 Å². The lowest BCUT2D eigenvalue weighted by molar-refractivity contribution is -0.460. The first-order chi connectivity index (χ1) is 34.0. The topological polar surface area (TPSA) is 261 Å². The lowest BCUT2D eigenvalue weighted by Crippen LogP contribution is -3.00. The lowest BCUT2D eigenvalue weighted by Gasteiger charge is -2.20. The molecule has 6 aromatic carbocycles. The van der Waals surface area contributed by atoms with E-state index in [1.54, 1.807) is 0 Å². The molecule has 0 radical (unpaired) electrons. The molecule has 19 heteroatoms. The molecule has 0 spiro atoms. The van der Waals surface area contributed by atoms with E-state index in [9.17, 15) is 19.2 Å². The highest BCUT2D eigenvalue weighted by Gasteiger charge is 2.25. The van der Waals surface area contributed by atoms with Gasteiger partial charge in [0.15, 0.2) is 0 Å². The number of carbonyl (C=O) groups is 4. The molecule has 0 saturated carbocycles. The van der Waals surface area contributed by atoms with Crippen molar-refractivity contribution in [2.24, 2.45) is 22.9 Å². The fraction of sp³-hybridized carbons (Fsp3) is 0.321. The van der Waals surface area contributed by atoms with Crippen LogP contribution in [0, 0.1) is 0 Å². The first kappa shape index (κ1) is 65.8. The highest BCUT2D eigenvalue weighted by Crippen LogP contribution is 2.45. The van der Waals surface area contributed by atoms with Crippen molar-refractivity contribution < 1.29 is 72.9 Å². The minimum absolute atomic E-state index is 0. The van der Waals surface area contributed by atoms with Crippen LogP contribution in [0.5, 0.6) is 11.5 Å². The van der Waals surface area contributed by atoms with Gasteiger partial charge in [0.25, 0.3) is 0 Å². The third-order valence-corrected chi connectivity index (χ3v) is 11.3. The molecule has 406 valence electrons. The molecule has 2 atom stereocenters. The second-order valence-electron chi connectivity index (χ2n) is 16.7. The molecule has 0 aromatic heterocycles. The van der Waals surface area contributed by atoms with Gasteiger partial charge in [-0.2, -0.15) is 13.5 Å². The van der Waals surface area contributed by atoms with Crippen LogP contribution in [0.2, 0.25) is 0 Å². The van der Waals surface area contributed by atoms with Crippen molar-refractivity contribution >= 4 is 70.7 Å². The van der Waals surface area contributed by atoms with Crippen LogP contribution in [0.4, 0.5) is 0 Å². The van der Waals surface area contributed by atoms with E-state index >= 15 is 0 Å². The van der Waals surface area contributed by atoms with E-state index in [2.05, 4.69) is 20.6 Å². The molecule has 0 unspecified atom stereocenters. The van der Waals surface area contributed by atoms with Gasteiger partial charge in [0.1, 0.15) is 36.8 Å². The molecule has 75 heavy (non-hydrogen) atoms. The Morgan fingerprint density at radius 2 is 0.840 bits per heavy atom. The van der Waals surface area contributed by atoms with Crippen molar-refractivity contribution in [1.29, 1.82) is 0 Å². The van der Waals surface area contributed by atoms with Gasteiger partial charge < -0.3 is 54.4 Å². The monoisotopic (exact) mass is 1090 g/mol. The highest BCUT2D eigenvalue weighted by atomic mass is 35.5. The van der Waals surface area contributed by atoms with E-state index in [0.29, 0.717) is 63.1 Å². The molecule has 0 saturated heterocycles. The van der Waals surface area contributed by atoms with Gasteiger partial charge in [-0.1, -0.05) is 136 Å². The minimum atomic E-state index is -0.871. The van der Waals surface area contributed by atoms with Crippen LogP contribution < -0.4 is 77.8 Å². The number of guanidine groups is 2. The summed E-state index contributed by atoms with van der Waals surface area (Å²) in [7, 11) is 0. The molecule has 2 amide bonds. The summed E-state index contributed by atoms with van der Waals surface area (Å²) in [6.45, 7) is 1.40. The predicted molar refractivity (Wildman–Crippen MR) is 293 cm³/mol. The van der Waals surface area contributed by atoms with Crippen molar-refractivity contribution in [3.8, 4) is 22.6 Å². The van der Waals surface area contributed by atoms with Crippen LogP contribution in [-0.2, 0) is 41.9 Å². The SMILES string of the molecule is C.C.NC(N)=[NH+]CCC[C@@H](NC(=O)CCCOc1ccc2ccccc2c1-c1c(OCCCC(=O)N[C@H](CCC[NH+]=C(N)N)C(=O)OCc2ccccc2)ccc2ccccc12)C(=O)OCc1ccccc1.S.[Cl-].[Cl-]. The maximum Gasteiger partial charge on any atom is 0.338 e. The third-order valence-electron chi connectivity index (χ3n) is 11.3. The number of rotatable bonds is 27. The number of esters is 2. The zero-order valence-electron chi connectivity index (χ0n) is 40.6. The van der Waals surface area contributed by atoms with Crippen molar-refractivity contribution in [2.45, 2.75) is 91.5 Å². The van der Waals surface area contributed by atoms with Gasteiger partial charge in [-0.25, -0.2) is 9.59 Å². The van der Waals surface area contributed by atoms with Gasteiger partial charge in [-0.15, -0.1) is 0 Å². The van der Waals surface area contributed by atoms with Gasteiger partial charge in [-0.05, 0) is 83.3 Å². The number of hydrogen-bond acceptors (Lipinski definition) is 8. The number of fused-ring (bicyclic) bond motifs is 2. The number of carbonyl (C=O) groups excluding carboxylic acids is 4. The second-order valence-corrected chi connectivity index (χ2v) is 16.7. The molecule has 0 bridgehead atoms. The number of halogens is 2. The summed E-state index contributed by atoms with van der Waals surface area (Å²) in [4.78, 5) is 58.7. The zero-order valence-corrected chi connectivity index (χ0v) is 43.1. The molecule has 0 aliphatic rings. The first-order valence-electron chi connectivity index (χ1n) is 23.6. The summed E-state index contributed by atoms with van der Waals surface area (Å²) in [5.41, 5.74) is 25.5. The summed E-state index contributed by atoms with van der Waals surface area (Å²) < 4.78 is 24.2. The van der Waals surface area contributed by atoms with Crippen LogP contribution in [0.1, 0.15) is 77.3 Å². The standard InChI is InChI=1S/C54H62N8O8.2CH4.2ClH.H2S/c55-53(56)59-31-11-23-43(51(65)69-35-37-15-3-1-4-16-37)61-47(63)25-13-33-67-45-29-27-39-19-7-9-21-41(39)49(45)50-42-22-10-8-20-40(42)28-30-46(50)68-34-14-26-48(64)62-44(24-12-32-60-54(57)58)52(66)70-36-38-17-5-2-6-18-38;;;;;/h1-10,15-22,27-30,43-44H,11-14,23-26,31-36H2,(H,61,63)(H,62,64)(H4,55,56,59)(H4,57,58,60);2*1H4;2*1H;1H2/t43-,44-;;;;;/m1...../s1. The molecule has 12 N–H and O–H groups in total. The number of nitrogens with one attached hydrogen (secondary N) is 4. The Bertz CT molecular complexity index is 2560. The number of benzene rings is 6. The highest BCUT2D eigenvalue weighted by molar-refractivity contribution is 7.59. The summed E-state index contributed by atoms with van der Waals surface area (Å²) in [6, 6.07) is 40.8. The average Bonchev–Trinajstić information content (AvgIpc) is 3.37. The Morgan fingerprint density at radius 3 is 1.21 bits per heavy atom. The third kappa shape index (κ3) is 21.3. The largest absolute Gasteiger partial charge is 1.00 e. The Balaban J connectivity index is 0.00000562. The van der Waals surface area contributed by atoms with Crippen molar-refractivity contribution in [3.63, 3.8) is 0 Å². The molecule has 6 rings (SSSR count). The fourth-order valence-electron chi connectivity index (χ4n) is 7.86. The predicted octanol–water partition coefficient (Wildman–Crippen LogP) is -1.90. The maximum absolute atomic E-state index is 13.3. The summed E-state index contributed by atoms with van der Waals surface area (Å²) >= 11 is 0. The van der Waals surface area contributed by atoms with Gasteiger partial charge >= 0.3 is 23.9 Å². The van der Waals surface area contributed by atoms with Crippen LogP contribution in [-0.4, -0.2) is 74.1 Å². The van der Waals surface area contributed by atoms with Crippen LogP contribution in [0.25, 0.3) is 32.7 Å². The molecule has 0 aliphatic carbocycles. The zero-order chi connectivity index (χ0) is 49.5. The van der Waals surface area contributed by atoms with Gasteiger partial charge in [0.05, 0.1) is 26.3 Å². The molecule has 0 fully saturated rings. The lowest BCUT2D eigenvalue weighted by atomic mass is 9.92. The smallest absolute Gasteiger partial charge is 0.338 e. The van der Waals surface area contributed by atoms with E-state index in [0.717, 1.165) is 43.8 Å². The fourth-order valence-corrected chi connectivity index (χ4v) is 7.86. The van der Waals surface area contributed by atoms with Crippen LogP contribution >= 0.6 is 13.5 Å². The van der Waals surface area contributed by atoms with Gasteiger partial charge in [-0.3, -0.25) is 42.5 Å². The molecule has 6 aromatic rings. The summed E-state index contributed by atoms with van der Waals surface area (Å²) in [6.07, 6.45) is 2.54.